The molecule has 7 heteroatoms. The number of anilines is 2. The fourth-order valence-electron chi connectivity index (χ4n) is 6.07. The fourth-order valence-corrected chi connectivity index (χ4v) is 6.07. The Hall–Kier alpha value is -3.61. The summed E-state index contributed by atoms with van der Waals surface area (Å²) in [5.41, 5.74) is 1.45. The van der Waals surface area contributed by atoms with Gasteiger partial charge in [0.2, 0.25) is 11.8 Å². The van der Waals surface area contributed by atoms with Crippen LogP contribution < -0.4 is 19.7 Å². The summed E-state index contributed by atoms with van der Waals surface area (Å²) < 4.78 is 10.5. The average molecular weight is 444 g/mol. The number of methoxy groups -OCH3 is 2. The van der Waals surface area contributed by atoms with Gasteiger partial charge in [-0.25, -0.2) is 0 Å². The Morgan fingerprint density at radius 3 is 2.12 bits per heavy atom. The van der Waals surface area contributed by atoms with Crippen molar-refractivity contribution in [2.75, 3.05) is 24.4 Å². The maximum absolute atomic E-state index is 13.3. The number of benzene rings is 2. The minimum atomic E-state index is -0.319. The van der Waals surface area contributed by atoms with Crippen LogP contribution in [0.15, 0.2) is 54.6 Å². The number of hydrogen-bond donors (Lipinski definition) is 1. The van der Waals surface area contributed by atoms with Gasteiger partial charge in [0.05, 0.1) is 37.4 Å². The van der Waals surface area contributed by atoms with Crippen molar-refractivity contribution in [2.24, 2.45) is 35.5 Å². The van der Waals surface area contributed by atoms with Gasteiger partial charge in [0.1, 0.15) is 11.5 Å². The average Bonchev–Trinajstić information content (AvgIpc) is 3.62. The maximum Gasteiger partial charge on any atom is 0.255 e. The third-order valence-electron chi connectivity index (χ3n) is 7.71. The van der Waals surface area contributed by atoms with Crippen LogP contribution >= 0.6 is 0 Å². The van der Waals surface area contributed by atoms with Crippen molar-refractivity contribution < 1.29 is 23.9 Å². The summed E-state index contributed by atoms with van der Waals surface area (Å²) in [6.45, 7) is 0. The molecule has 7 rings (SSSR count). The number of amides is 3. The predicted molar refractivity (Wildman–Crippen MR) is 121 cm³/mol. The minimum absolute atomic E-state index is 0.102. The third-order valence-corrected chi connectivity index (χ3v) is 7.71. The highest BCUT2D eigenvalue weighted by molar-refractivity contribution is 6.22. The molecule has 2 bridgehead atoms. The number of ether oxygens (including phenoxy) is 2. The van der Waals surface area contributed by atoms with Crippen LogP contribution in [0.3, 0.4) is 0 Å². The molecule has 2 aromatic rings. The van der Waals surface area contributed by atoms with Crippen LogP contribution in [0.25, 0.3) is 0 Å². The van der Waals surface area contributed by atoms with E-state index in [4.69, 9.17) is 9.47 Å². The zero-order valence-corrected chi connectivity index (χ0v) is 18.4. The molecule has 1 N–H and O–H groups in total. The molecule has 2 saturated carbocycles. The van der Waals surface area contributed by atoms with E-state index >= 15 is 0 Å². The Morgan fingerprint density at radius 1 is 0.909 bits per heavy atom. The lowest BCUT2D eigenvalue weighted by molar-refractivity contribution is -0.124. The zero-order valence-electron chi connectivity index (χ0n) is 18.4. The Kier molecular flexibility index (Phi) is 4.37. The topological polar surface area (TPSA) is 84.9 Å². The number of nitrogens with one attached hydrogen (secondary N) is 1. The lowest BCUT2D eigenvalue weighted by Crippen LogP contribution is -2.40. The molecule has 3 amide bonds. The molecule has 1 saturated heterocycles. The van der Waals surface area contributed by atoms with Gasteiger partial charge in [-0.1, -0.05) is 12.2 Å². The predicted octanol–water partition coefficient (Wildman–Crippen LogP) is 3.51. The van der Waals surface area contributed by atoms with Crippen molar-refractivity contribution in [3.8, 4) is 11.5 Å². The van der Waals surface area contributed by atoms with E-state index in [1.807, 2.05) is 0 Å². The second-order valence-electron chi connectivity index (χ2n) is 9.23. The third kappa shape index (κ3) is 2.91. The smallest absolute Gasteiger partial charge is 0.255 e. The van der Waals surface area contributed by atoms with Gasteiger partial charge in [-0.3, -0.25) is 19.3 Å². The van der Waals surface area contributed by atoms with Crippen LogP contribution in [0, 0.1) is 35.5 Å². The summed E-state index contributed by atoms with van der Waals surface area (Å²) in [4.78, 5) is 40.6. The van der Waals surface area contributed by atoms with E-state index in [1.165, 1.54) is 12.0 Å². The van der Waals surface area contributed by atoms with Gasteiger partial charge in [0.15, 0.2) is 0 Å². The molecule has 2 aromatic carbocycles. The molecule has 0 unspecified atom stereocenters. The Bertz CT molecular complexity index is 1170. The van der Waals surface area contributed by atoms with Crippen LogP contribution in [-0.2, 0) is 9.59 Å². The van der Waals surface area contributed by atoms with Gasteiger partial charge in [-0.15, -0.1) is 0 Å². The normalized spacial score (nSPS) is 30.7. The van der Waals surface area contributed by atoms with Crippen molar-refractivity contribution in [3.63, 3.8) is 0 Å². The number of carbonyl (C=O) groups is 3. The van der Waals surface area contributed by atoms with Crippen LogP contribution in [0.5, 0.6) is 11.5 Å². The van der Waals surface area contributed by atoms with E-state index in [9.17, 15) is 14.4 Å². The summed E-state index contributed by atoms with van der Waals surface area (Å²) in [5, 5.41) is 2.83. The molecule has 7 nitrogen and oxygen atoms in total. The summed E-state index contributed by atoms with van der Waals surface area (Å²) in [6.07, 6.45) is 5.46. The highest BCUT2D eigenvalue weighted by atomic mass is 16.5. The Labute approximate surface area is 191 Å². The molecule has 0 radical (unpaired) electrons. The van der Waals surface area contributed by atoms with E-state index in [2.05, 4.69) is 17.5 Å². The number of rotatable bonds is 5. The van der Waals surface area contributed by atoms with Gasteiger partial charge in [-0.05, 0) is 66.5 Å². The first kappa shape index (κ1) is 20.0. The molecule has 1 aliphatic heterocycles. The molecule has 1 heterocycles. The summed E-state index contributed by atoms with van der Waals surface area (Å²) in [7, 11) is 3.08. The maximum atomic E-state index is 13.3. The van der Waals surface area contributed by atoms with Gasteiger partial charge >= 0.3 is 0 Å². The first-order valence-corrected chi connectivity index (χ1v) is 11.2. The van der Waals surface area contributed by atoms with Gasteiger partial charge in [-0.2, -0.15) is 0 Å². The Morgan fingerprint density at radius 2 is 1.55 bits per heavy atom. The molecular formula is C26H24N2O5. The van der Waals surface area contributed by atoms with Crippen molar-refractivity contribution >= 4 is 29.1 Å². The Balaban J connectivity index is 1.21. The molecule has 33 heavy (non-hydrogen) atoms. The quantitative estimate of drug-likeness (QED) is 0.564. The molecule has 6 atom stereocenters. The first-order valence-electron chi connectivity index (χ1n) is 11.2. The lowest BCUT2D eigenvalue weighted by atomic mass is 9.63. The molecule has 3 fully saturated rings. The van der Waals surface area contributed by atoms with E-state index in [-0.39, 0.29) is 41.4 Å². The van der Waals surface area contributed by atoms with Crippen molar-refractivity contribution in [2.45, 2.75) is 6.42 Å². The molecule has 168 valence electrons. The van der Waals surface area contributed by atoms with Gasteiger partial charge < -0.3 is 14.8 Å². The van der Waals surface area contributed by atoms with E-state index in [0.29, 0.717) is 40.3 Å². The standard InChI is InChI=1S/C26H24N2O5/c1-32-15-7-10-20(21(11-15)33-2)27-24(29)13-3-5-14(6-4-13)28-25(30)22-16-8-9-17(19-12-18(16)19)23(22)26(28)31/h3-11,16-19,22-23H,12H2,1-2H3,(H,27,29)/t16-,17-,18-,19-,22-,23+/m0/s1. The zero-order chi connectivity index (χ0) is 22.9. The largest absolute Gasteiger partial charge is 0.497 e. The van der Waals surface area contributed by atoms with Crippen LogP contribution in [0.1, 0.15) is 16.8 Å². The summed E-state index contributed by atoms with van der Waals surface area (Å²) in [5.74, 6) is 1.63. The summed E-state index contributed by atoms with van der Waals surface area (Å²) in [6, 6.07) is 11.7. The van der Waals surface area contributed by atoms with Crippen molar-refractivity contribution in [3.05, 3.63) is 60.2 Å². The highest BCUT2D eigenvalue weighted by Crippen LogP contribution is 2.65. The van der Waals surface area contributed by atoms with Crippen molar-refractivity contribution in [1.82, 2.24) is 0 Å². The monoisotopic (exact) mass is 444 g/mol. The van der Waals surface area contributed by atoms with E-state index in [0.717, 1.165) is 6.42 Å². The lowest BCUT2D eigenvalue weighted by Gasteiger charge is -2.37. The van der Waals surface area contributed by atoms with Gasteiger partial charge in [0.25, 0.3) is 5.91 Å². The van der Waals surface area contributed by atoms with E-state index in [1.54, 1.807) is 49.6 Å². The molecule has 4 aliphatic carbocycles. The van der Waals surface area contributed by atoms with Crippen molar-refractivity contribution in [1.29, 1.82) is 0 Å². The highest BCUT2D eigenvalue weighted by Gasteiger charge is 2.67. The second kappa shape index (κ2) is 7.20. The minimum Gasteiger partial charge on any atom is -0.497 e. The van der Waals surface area contributed by atoms with Crippen LogP contribution in [-0.4, -0.2) is 31.9 Å². The molecule has 0 aromatic heterocycles. The van der Waals surface area contributed by atoms with Crippen LogP contribution in [0.4, 0.5) is 11.4 Å². The number of hydrogen-bond acceptors (Lipinski definition) is 5. The molecule has 0 spiro atoms. The van der Waals surface area contributed by atoms with Crippen LogP contribution in [0.2, 0.25) is 0 Å². The number of carbonyl (C=O) groups excluding carboxylic acids is 3. The van der Waals surface area contributed by atoms with E-state index < -0.39 is 0 Å². The first-order chi connectivity index (χ1) is 16.0. The number of nitrogens with zero attached hydrogens (tertiary/aromatic N) is 1. The number of imide groups is 1. The second-order valence-corrected chi connectivity index (χ2v) is 9.23. The molecular weight excluding hydrogens is 420 g/mol. The fraction of sp³-hybridized carbons (Fsp3) is 0.346. The SMILES string of the molecule is COc1ccc(NC(=O)c2ccc(N3C(=O)[C@@H]4[C@H]5C=C[C@@H]([C@@H]6C[C@@H]56)[C@@H]4C3=O)cc2)c(OC)c1. The summed E-state index contributed by atoms with van der Waals surface area (Å²) >= 11 is 0. The van der Waals surface area contributed by atoms with Gasteiger partial charge in [0, 0.05) is 11.6 Å². The molecule has 5 aliphatic rings. The number of allylic oxidation sites excluding steroid dienone is 2.